The molecular weight excluding hydrogens is 290 g/mol. The molecule has 4 nitrogen and oxygen atoms in total. The Hall–Kier alpha value is -2.46. The third-order valence-corrected chi connectivity index (χ3v) is 3.69. The summed E-state index contributed by atoms with van der Waals surface area (Å²) in [6, 6.07) is 13.9. The molecule has 0 aliphatic rings. The van der Waals surface area contributed by atoms with E-state index in [1.54, 1.807) is 24.3 Å². The fourth-order valence-corrected chi connectivity index (χ4v) is 2.49. The predicted octanol–water partition coefficient (Wildman–Crippen LogP) is 3.11. The van der Waals surface area contributed by atoms with Gasteiger partial charge in [-0.15, -0.1) is 0 Å². The van der Waals surface area contributed by atoms with E-state index >= 15 is 0 Å². The van der Waals surface area contributed by atoms with Crippen LogP contribution in [0.4, 0.5) is 0 Å². The zero-order valence-corrected chi connectivity index (χ0v) is 13.5. The molecule has 4 heteroatoms. The Bertz CT molecular complexity index is 693. The zero-order chi connectivity index (χ0) is 16.8. The molecule has 0 unspecified atom stereocenters. The molecule has 2 aromatic carbocycles. The molecule has 23 heavy (non-hydrogen) atoms. The smallest absolute Gasteiger partial charge is 0.335 e. The minimum atomic E-state index is -0.955. The van der Waals surface area contributed by atoms with Crippen LogP contribution in [0.5, 0.6) is 0 Å². The van der Waals surface area contributed by atoms with Crippen molar-refractivity contribution in [1.82, 2.24) is 4.90 Å². The van der Waals surface area contributed by atoms with E-state index in [0.717, 1.165) is 13.0 Å². The van der Waals surface area contributed by atoms with Gasteiger partial charge in [-0.05, 0) is 51.2 Å². The van der Waals surface area contributed by atoms with Crippen LogP contribution in [0.25, 0.3) is 0 Å². The number of nitrogens with zero attached hydrogens (tertiary/aromatic N) is 1. The van der Waals surface area contributed by atoms with E-state index in [0.29, 0.717) is 23.1 Å². The van der Waals surface area contributed by atoms with E-state index in [4.69, 9.17) is 0 Å². The second kappa shape index (κ2) is 7.70. The topological polar surface area (TPSA) is 57.6 Å². The van der Waals surface area contributed by atoms with E-state index in [9.17, 15) is 14.7 Å². The van der Waals surface area contributed by atoms with Crippen LogP contribution in [-0.2, 0) is 6.42 Å². The standard InChI is InChI=1S/C19H21NO3/c1-20(2)12-6-9-15-13-16(10-11-17(15)19(22)23)18(21)14-7-4-3-5-8-14/h3-5,7-8,10-11,13H,6,9,12H2,1-2H3,(H,22,23). The SMILES string of the molecule is CN(C)CCCc1cc(C(=O)c2ccccc2)ccc1C(=O)O. The summed E-state index contributed by atoms with van der Waals surface area (Å²) in [5, 5.41) is 9.33. The third kappa shape index (κ3) is 4.50. The molecule has 0 saturated heterocycles. The quantitative estimate of drug-likeness (QED) is 0.798. The van der Waals surface area contributed by atoms with Crippen LogP contribution >= 0.6 is 0 Å². The van der Waals surface area contributed by atoms with Crippen molar-refractivity contribution in [3.63, 3.8) is 0 Å². The molecule has 0 aliphatic carbocycles. The fraction of sp³-hybridized carbons (Fsp3) is 0.263. The average molecular weight is 311 g/mol. The number of rotatable bonds is 7. The fourth-order valence-electron chi connectivity index (χ4n) is 2.49. The normalized spacial score (nSPS) is 10.7. The molecule has 0 atom stereocenters. The van der Waals surface area contributed by atoms with Crippen molar-refractivity contribution in [3.05, 3.63) is 70.8 Å². The minimum Gasteiger partial charge on any atom is -0.478 e. The summed E-state index contributed by atoms with van der Waals surface area (Å²) in [6.45, 7) is 0.871. The van der Waals surface area contributed by atoms with Gasteiger partial charge in [0.15, 0.2) is 5.78 Å². The molecule has 0 spiro atoms. The average Bonchev–Trinajstić information content (AvgIpc) is 2.54. The van der Waals surface area contributed by atoms with Crippen LogP contribution in [0.3, 0.4) is 0 Å². The monoisotopic (exact) mass is 311 g/mol. The molecule has 0 radical (unpaired) electrons. The molecule has 0 amide bonds. The van der Waals surface area contributed by atoms with Gasteiger partial charge in [-0.2, -0.15) is 0 Å². The van der Waals surface area contributed by atoms with Crippen LogP contribution < -0.4 is 0 Å². The molecule has 1 N–H and O–H groups in total. The zero-order valence-electron chi connectivity index (χ0n) is 13.5. The van der Waals surface area contributed by atoms with Gasteiger partial charge in [0.25, 0.3) is 0 Å². The van der Waals surface area contributed by atoms with E-state index in [2.05, 4.69) is 4.90 Å². The summed E-state index contributed by atoms with van der Waals surface area (Å²) in [6.07, 6.45) is 1.48. The maximum Gasteiger partial charge on any atom is 0.335 e. The Morgan fingerprint density at radius 1 is 1.00 bits per heavy atom. The predicted molar refractivity (Wildman–Crippen MR) is 90.2 cm³/mol. The lowest BCUT2D eigenvalue weighted by Gasteiger charge is -2.12. The first-order valence-corrected chi connectivity index (χ1v) is 7.59. The molecule has 0 aromatic heterocycles. The number of carbonyl (C=O) groups is 2. The Morgan fingerprint density at radius 2 is 1.70 bits per heavy atom. The lowest BCUT2D eigenvalue weighted by molar-refractivity contribution is 0.0695. The van der Waals surface area contributed by atoms with Crippen molar-refractivity contribution in [2.45, 2.75) is 12.8 Å². The lowest BCUT2D eigenvalue weighted by Crippen LogP contribution is -2.14. The number of ketones is 1. The summed E-state index contributed by atoms with van der Waals surface area (Å²) in [7, 11) is 3.96. The number of hydrogen-bond acceptors (Lipinski definition) is 3. The van der Waals surface area contributed by atoms with Crippen LogP contribution in [0.1, 0.15) is 38.3 Å². The van der Waals surface area contributed by atoms with Crippen LogP contribution in [0, 0.1) is 0 Å². The van der Waals surface area contributed by atoms with Gasteiger partial charge < -0.3 is 10.0 Å². The number of benzene rings is 2. The van der Waals surface area contributed by atoms with E-state index < -0.39 is 5.97 Å². The molecule has 0 bridgehead atoms. The van der Waals surface area contributed by atoms with Crippen LogP contribution in [0.15, 0.2) is 48.5 Å². The summed E-state index contributed by atoms with van der Waals surface area (Å²) < 4.78 is 0. The summed E-state index contributed by atoms with van der Waals surface area (Å²) >= 11 is 0. The van der Waals surface area contributed by atoms with Crippen LogP contribution in [0.2, 0.25) is 0 Å². The minimum absolute atomic E-state index is 0.0867. The van der Waals surface area contributed by atoms with Gasteiger partial charge in [-0.25, -0.2) is 4.79 Å². The number of aromatic carboxylic acids is 1. The molecule has 2 aromatic rings. The van der Waals surface area contributed by atoms with E-state index in [-0.39, 0.29) is 11.3 Å². The number of carboxylic acid groups (broad SMARTS) is 1. The van der Waals surface area contributed by atoms with Gasteiger partial charge in [-0.1, -0.05) is 36.4 Å². The van der Waals surface area contributed by atoms with Crippen molar-refractivity contribution in [2.24, 2.45) is 0 Å². The molecule has 120 valence electrons. The number of carboxylic acids is 1. The largest absolute Gasteiger partial charge is 0.478 e. The Kier molecular flexibility index (Phi) is 5.66. The van der Waals surface area contributed by atoms with Crippen molar-refractivity contribution < 1.29 is 14.7 Å². The van der Waals surface area contributed by atoms with Gasteiger partial charge >= 0.3 is 5.97 Å². The molecule has 0 heterocycles. The van der Waals surface area contributed by atoms with Gasteiger partial charge in [0.05, 0.1) is 5.56 Å². The maximum atomic E-state index is 12.5. The first kappa shape index (κ1) is 16.9. The van der Waals surface area contributed by atoms with Crippen molar-refractivity contribution in [3.8, 4) is 0 Å². The molecule has 0 fully saturated rings. The van der Waals surface area contributed by atoms with Crippen molar-refractivity contribution in [1.29, 1.82) is 0 Å². The van der Waals surface area contributed by atoms with Gasteiger partial charge in [0.1, 0.15) is 0 Å². The Labute approximate surface area is 136 Å². The number of hydrogen-bond donors (Lipinski definition) is 1. The second-order valence-corrected chi connectivity index (χ2v) is 5.78. The van der Waals surface area contributed by atoms with Crippen molar-refractivity contribution in [2.75, 3.05) is 20.6 Å². The highest BCUT2D eigenvalue weighted by Crippen LogP contribution is 2.17. The molecule has 0 saturated carbocycles. The summed E-state index contributed by atoms with van der Waals surface area (Å²) in [5.74, 6) is -1.04. The first-order valence-electron chi connectivity index (χ1n) is 7.59. The lowest BCUT2D eigenvalue weighted by atomic mass is 9.96. The maximum absolute atomic E-state index is 12.5. The third-order valence-electron chi connectivity index (χ3n) is 3.69. The van der Waals surface area contributed by atoms with E-state index in [1.807, 2.05) is 32.3 Å². The van der Waals surface area contributed by atoms with Gasteiger partial charge in [-0.3, -0.25) is 4.79 Å². The second-order valence-electron chi connectivity index (χ2n) is 5.78. The summed E-state index contributed by atoms with van der Waals surface area (Å²) in [5.41, 5.74) is 2.12. The van der Waals surface area contributed by atoms with E-state index in [1.165, 1.54) is 6.07 Å². The highest BCUT2D eigenvalue weighted by atomic mass is 16.4. The van der Waals surface area contributed by atoms with Crippen LogP contribution in [-0.4, -0.2) is 42.4 Å². The highest BCUT2D eigenvalue weighted by molar-refractivity contribution is 6.09. The van der Waals surface area contributed by atoms with Crippen molar-refractivity contribution >= 4 is 11.8 Å². The molecule has 0 aliphatic heterocycles. The molecular formula is C19H21NO3. The Balaban J connectivity index is 2.28. The number of carbonyl (C=O) groups excluding carboxylic acids is 1. The van der Waals surface area contributed by atoms with Gasteiger partial charge in [0.2, 0.25) is 0 Å². The first-order chi connectivity index (χ1) is 11.0. The van der Waals surface area contributed by atoms with Gasteiger partial charge in [0, 0.05) is 11.1 Å². The summed E-state index contributed by atoms with van der Waals surface area (Å²) in [4.78, 5) is 25.9. The molecule has 2 rings (SSSR count). The Morgan fingerprint density at radius 3 is 2.30 bits per heavy atom. The highest BCUT2D eigenvalue weighted by Gasteiger charge is 2.15. The number of aryl methyl sites for hydroxylation is 1.